The van der Waals surface area contributed by atoms with E-state index in [-0.39, 0.29) is 6.79 Å². The molecule has 0 radical (unpaired) electrons. The third-order valence-electron chi connectivity index (χ3n) is 2.45. The number of benzene rings is 1. The summed E-state index contributed by atoms with van der Waals surface area (Å²) in [4.78, 5) is 11.0. The van der Waals surface area contributed by atoms with Crippen molar-refractivity contribution in [3.63, 3.8) is 0 Å². The van der Waals surface area contributed by atoms with Crippen molar-refractivity contribution in [2.45, 2.75) is 13.8 Å². The van der Waals surface area contributed by atoms with Crippen LogP contribution >= 0.6 is 0 Å². The summed E-state index contributed by atoms with van der Waals surface area (Å²) in [6.07, 6.45) is 0.732. The smallest absolute Gasteiger partial charge is 0.188 e. The van der Waals surface area contributed by atoms with Crippen molar-refractivity contribution in [3.8, 4) is 11.5 Å². The van der Waals surface area contributed by atoms with Gasteiger partial charge in [-0.25, -0.2) is 0 Å². The van der Waals surface area contributed by atoms with Crippen LogP contribution in [0.4, 0.5) is 0 Å². The first-order chi connectivity index (χ1) is 7.65. The number of carbonyl (C=O) groups excluding carboxylic acids is 1. The number of hydrogen-bond donors (Lipinski definition) is 0. The Morgan fingerprint density at radius 3 is 2.50 bits per heavy atom. The van der Waals surface area contributed by atoms with Crippen LogP contribution in [0.3, 0.4) is 0 Å². The van der Waals surface area contributed by atoms with Crippen molar-refractivity contribution >= 4 is 6.29 Å². The minimum atomic E-state index is 0.105. The summed E-state index contributed by atoms with van der Waals surface area (Å²) in [5, 5.41) is 0. The number of methoxy groups -OCH3 is 2. The number of aryl methyl sites for hydroxylation is 1. The maximum Gasteiger partial charge on any atom is 0.188 e. The van der Waals surface area contributed by atoms with Gasteiger partial charge in [0.2, 0.25) is 0 Å². The molecule has 0 fully saturated rings. The number of aldehydes is 1. The van der Waals surface area contributed by atoms with Crippen LogP contribution in [0.15, 0.2) is 6.07 Å². The highest BCUT2D eigenvalue weighted by atomic mass is 16.7. The van der Waals surface area contributed by atoms with Crippen molar-refractivity contribution in [1.82, 2.24) is 0 Å². The molecule has 0 aliphatic heterocycles. The maximum atomic E-state index is 11.0. The molecule has 0 aliphatic rings. The van der Waals surface area contributed by atoms with Crippen LogP contribution in [0.2, 0.25) is 0 Å². The van der Waals surface area contributed by atoms with Crippen molar-refractivity contribution < 1.29 is 19.0 Å². The molecule has 0 spiro atoms. The lowest BCUT2D eigenvalue weighted by molar-refractivity contribution is 0.0498. The van der Waals surface area contributed by atoms with Gasteiger partial charge >= 0.3 is 0 Å². The molecule has 0 unspecified atom stereocenters. The molecule has 4 heteroatoms. The number of ether oxygens (including phenoxy) is 3. The molecule has 0 bridgehead atoms. The normalized spacial score (nSPS) is 10.0. The highest BCUT2D eigenvalue weighted by Crippen LogP contribution is 2.33. The Labute approximate surface area is 95.1 Å². The zero-order valence-electron chi connectivity index (χ0n) is 9.99. The number of carbonyl (C=O) groups is 1. The first-order valence-corrected chi connectivity index (χ1v) is 4.90. The summed E-state index contributed by atoms with van der Waals surface area (Å²) in [6.45, 7) is 3.94. The van der Waals surface area contributed by atoms with E-state index in [2.05, 4.69) is 0 Å². The average Bonchev–Trinajstić information content (AvgIpc) is 2.30. The van der Waals surface area contributed by atoms with Crippen molar-refractivity contribution in [2.75, 3.05) is 21.0 Å². The molecular formula is C12H16O4. The second-order valence-electron chi connectivity index (χ2n) is 3.43. The van der Waals surface area contributed by atoms with E-state index in [9.17, 15) is 4.79 Å². The molecule has 1 aromatic rings. The molecule has 0 N–H and O–H groups in total. The third-order valence-corrected chi connectivity index (χ3v) is 2.45. The lowest BCUT2D eigenvalue weighted by Gasteiger charge is -2.15. The lowest BCUT2D eigenvalue weighted by Crippen LogP contribution is -2.05. The molecule has 0 saturated heterocycles. The van der Waals surface area contributed by atoms with Gasteiger partial charge in [0, 0.05) is 7.11 Å². The Balaban J connectivity index is 3.28. The molecule has 16 heavy (non-hydrogen) atoms. The van der Waals surface area contributed by atoms with Crippen LogP contribution in [-0.4, -0.2) is 27.3 Å². The zero-order valence-corrected chi connectivity index (χ0v) is 9.99. The molecule has 1 aromatic carbocycles. The van der Waals surface area contributed by atoms with E-state index in [1.54, 1.807) is 0 Å². The average molecular weight is 224 g/mol. The molecule has 0 saturated carbocycles. The second kappa shape index (κ2) is 5.51. The Hall–Kier alpha value is -1.55. The van der Waals surface area contributed by atoms with Gasteiger partial charge in [0.05, 0.1) is 12.7 Å². The molecule has 0 heterocycles. The summed E-state index contributed by atoms with van der Waals surface area (Å²) in [5.74, 6) is 1.04. The van der Waals surface area contributed by atoms with Crippen LogP contribution in [0.5, 0.6) is 11.5 Å². The summed E-state index contributed by atoms with van der Waals surface area (Å²) in [6, 6.07) is 1.82. The SMILES string of the molecule is COCOc1c(C)c(C)cc(OC)c1C=O. The van der Waals surface area contributed by atoms with Crippen LogP contribution in [0, 0.1) is 13.8 Å². The van der Waals surface area contributed by atoms with E-state index in [0.717, 1.165) is 17.4 Å². The monoisotopic (exact) mass is 224 g/mol. The van der Waals surface area contributed by atoms with Gasteiger partial charge in [0.25, 0.3) is 0 Å². The molecule has 0 aromatic heterocycles. The van der Waals surface area contributed by atoms with Gasteiger partial charge in [-0.2, -0.15) is 0 Å². The fraction of sp³-hybridized carbons (Fsp3) is 0.417. The fourth-order valence-corrected chi connectivity index (χ4v) is 1.46. The van der Waals surface area contributed by atoms with Crippen molar-refractivity contribution in [1.29, 1.82) is 0 Å². The number of hydrogen-bond acceptors (Lipinski definition) is 4. The predicted molar refractivity (Wildman–Crippen MR) is 60.4 cm³/mol. The molecule has 0 atom stereocenters. The molecule has 0 amide bonds. The van der Waals surface area contributed by atoms with E-state index in [1.807, 2.05) is 19.9 Å². The topological polar surface area (TPSA) is 44.8 Å². The Bertz CT molecular complexity index is 385. The van der Waals surface area contributed by atoms with Crippen LogP contribution in [-0.2, 0) is 4.74 Å². The van der Waals surface area contributed by atoms with E-state index in [1.165, 1.54) is 14.2 Å². The summed E-state index contributed by atoms with van der Waals surface area (Å²) < 4.78 is 15.4. The van der Waals surface area contributed by atoms with Gasteiger partial charge < -0.3 is 14.2 Å². The Kier molecular flexibility index (Phi) is 4.31. The molecule has 1 rings (SSSR count). The summed E-state index contributed by atoms with van der Waals surface area (Å²) in [5.41, 5.74) is 2.34. The molecule has 0 aliphatic carbocycles. The summed E-state index contributed by atoms with van der Waals surface area (Å²) in [7, 11) is 3.06. The van der Waals surface area contributed by atoms with Crippen LogP contribution in [0.25, 0.3) is 0 Å². The standard InChI is InChI=1S/C12H16O4/c1-8-5-11(15-4)10(6-13)12(9(8)2)16-7-14-3/h5-6H,7H2,1-4H3. The summed E-state index contributed by atoms with van der Waals surface area (Å²) >= 11 is 0. The highest BCUT2D eigenvalue weighted by molar-refractivity contribution is 5.85. The van der Waals surface area contributed by atoms with Gasteiger partial charge in [-0.05, 0) is 31.0 Å². The van der Waals surface area contributed by atoms with Gasteiger partial charge in [-0.1, -0.05) is 0 Å². The van der Waals surface area contributed by atoms with Crippen LogP contribution in [0.1, 0.15) is 21.5 Å². The van der Waals surface area contributed by atoms with E-state index >= 15 is 0 Å². The number of rotatable bonds is 5. The zero-order chi connectivity index (χ0) is 12.1. The quantitative estimate of drug-likeness (QED) is 0.567. The molecule has 4 nitrogen and oxygen atoms in total. The van der Waals surface area contributed by atoms with Gasteiger partial charge in [0.1, 0.15) is 11.5 Å². The fourth-order valence-electron chi connectivity index (χ4n) is 1.46. The predicted octanol–water partition coefficient (Wildman–Crippen LogP) is 2.11. The molecule has 88 valence electrons. The Morgan fingerprint density at radius 1 is 1.31 bits per heavy atom. The lowest BCUT2D eigenvalue weighted by atomic mass is 10.0. The van der Waals surface area contributed by atoms with Crippen molar-refractivity contribution in [3.05, 3.63) is 22.8 Å². The largest absolute Gasteiger partial charge is 0.496 e. The van der Waals surface area contributed by atoms with Gasteiger partial charge in [-0.3, -0.25) is 4.79 Å². The first kappa shape index (κ1) is 12.5. The van der Waals surface area contributed by atoms with E-state index in [4.69, 9.17) is 14.2 Å². The third kappa shape index (κ3) is 2.33. The van der Waals surface area contributed by atoms with Gasteiger partial charge in [-0.15, -0.1) is 0 Å². The van der Waals surface area contributed by atoms with E-state index < -0.39 is 0 Å². The molecular weight excluding hydrogens is 208 g/mol. The minimum Gasteiger partial charge on any atom is -0.496 e. The van der Waals surface area contributed by atoms with E-state index in [0.29, 0.717) is 17.1 Å². The van der Waals surface area contributed by atoms with Gasteiger partial charge in [0.15, 0.2) is 13.1 Å². The second-order valence-corrected chi connectivity index (χ2v) is 3.43. The van der Waals surface area contributed by atoms with Crippen LogP contribution < -0.4 is 9.47 Å². The highest BCUT2D eigenvalue weighted by Gasteiger charge is 2.15. The maximum absolute atomic E-state index is 11.0. The Morgan fingerprint density at radius 2 is 2.00 bits per heavy atom. The minimum absolute atomic E-state index is 0.105. The first-order valence-electron chi connectivity index (χ1n) is 4.90. The van der Waals surface area contributed by atoms with Crippen molar-refractivity contribution in [2.24, 2.45) is 0 Å².